The lowest BCUT2D eigenvalue weighted by Crippen LogP contribution is -2.44. The molecule has 0 saturated carbocycles. The summed E-state index contributed by atoms with van der Waals surface area (Å²) in [5.41, 5.74) is 2.99. The predicted molar refractivity (Wildman–Crippen MR) is 137 cm³/mol. The van der Waals surface area contributed by atoms with Crippen molar-refractivity contribution in [2.75, 3.05) is 56.9 Å². The molecule has 1 N–H and O–H groups in total. The van der Waals surface area contributed by atoms with Crippen LogP contribution in [0.15, 0.2) is 30.3 Å². The predicted octanol–water partition coefficient (Wildman–Crippen LogP) is 3.28. The lowest BCUT2D eigenvalue weighted by Gasteiger charge is -2.35. The van der Waals surface area contributed by atoms with Crippen LogP contribution in [0.3, 0.4) is 0 Å². The maximum Gasteiger partial charge on any atom is 0.229 e. The van der Waals surface area contributed by atoms with Gasteiger partial charge in [-0.25, -0.2) is 4.98 Å². The molecule has 0 spiro atoms. The van der Waals surface area contributed by atoms with Crippen LogP contribution in [-0.4, -0.2) is 79.3 Å². The van der Waals surface area contributed by atoms with Gasteiger partial charge in [-0.15, -0.1) is 0 Å². The topological polar surface area (TPSA) is 93.1 Å². The fraction of sp³-hybridized carbons (Fsp3) is 0.500. The normalized spacial score (nSPS) is 17.0. The minimum absolute atomic E-state index is 0.0965. The molecule has 1 aliphatic rings. The van der Waals surface area contributed by atoms with E-state index < -0.39 is 0 Å². The molecule has 3 heterocycles. The molecule has 1 saturated heterocycles. The van der Waals surface area contributed by atoms with Gasteiger partial charge in [-0.2, -0.15) is 9.97 Å². The number of rotatable bonds is 9. The molecule has 0 bridgehead atoms. The summed E-state index contributed by atoms with van der Waals surface area (Å²) in [6.45, 7) is 9.42. The number of fused-ring (bicyclic) bond motifs is 1. The van der Waals surface area contributed by atoms with Crippen LogP contribution < -0.4 is 14.5 Å². The lowest BCUT2D eigenvalue weighted by atomic mass is 10.1. The number of morpholine rings is 1. The van der Waals surface area contributed by atoms with Crippen molar-refractivity contribution >= 4 is 22.8 Å². The average Bonchev–Trinajstić information content (AvgIpc) is 2.90. The van der Waals surface area contributed by atoms with Crippen LogP contribution in [0.25, 0.3) is 22.3 Å². The highest BCUT2D eigenvalue weighted by atomic mass is 16.5. The second-order valence-electron chi connectivity index (χ2n) is 8.84. The van der Waals surface area contributed by atoms with Gasteiger partial charge in [0.1, 0.15) is 11.6 Å². The largest absolute Gasteiger partial charge is 0.496 e. The van der Waals surface area contributed by atoms with Crippen LogP contribution in [0.4, 0.5) is 11.8 Å². The zero-order chi connectivity index (χ0) is 24.9. The van der Waals surface area contributed by atoms with Crippen molar-refractivity contribution in [1.29, 1.82) is 0 Å². The monoisotopic (exact) mass is 481 g/mol. The summed E-state index contributed by atoms with van der Waals surface area (Å²) in [5.74, 6) is 2.12. The standard InChI is InChI=1S/C26H35N5O4/c1-6-34-15-17(2)30(4)26-28-24-21(25(29-26)31-11-12-35-16-18(31)3)8-9-22(27-24)19-7-10-23(33-5)20(13-19)14-32/h7-10,13,17-18,32H,6,11-12,14-16H2,1-5H3/t17-,18-/m0/s1. The van der Waals surface area contributed by atoms with E-state index in [0.29, 0.717) is 49.3 Å². The second kappa shape index (κ2) is 11.2. The molecule has 3 aromatic rings. The Morgan fingerprint density at radius 1 is 1.23 bits per heavy atom. The second-order valence-corrected chi connectivity index (χ2v) is 8.84. The van der Waals surface area contributed by atoms with Gasteiger partial charge in [0.15, 0.2) is 5.65 Å². The van der Waals surface area contributed by atoms with Crippen LogP contribution in [0, 0.1) is 0 Å². The number of hydrogen-bond donors (Lipinski definition) is 1. The van der Waals surface area contributed by atoms with E-state index in [1.807, 2.05) is 49.2 Å². The number of aromatic nitrogens is 3. The molecule has 2 atom stereocenters. The van der Waals surface area contributed by atoms with Crippen molar-refractivity contribution in [3.63, 3.8) is 0 Å². The third kappa shape index (κ3) is 5.32. The molecule has 9 heteroatoms. The quantitative estimate of drug-likeness (QED) is 0.494. The number of hydrogen-bond acceptors (Lipinski definition) is 9. The average molecular weight is 482 g/mol. The molecule has 1 aromatic carbocycles. The van der Waals surface area contributed by atoms with Gasteiger partial charge in [0.25, 0.3) is 0 Å². The summed E-state index contributed by atoms with van der Waals surface area (Å²) in [5, 5.41) is 10.7. The van der Waals surface area contributed by atoms with Crippen LogP contribution in [-0.2, 0) is 16.1 Å². The first kappa shape index (κ1) is 25.1. The number of aliphatic hydroxyl groups excluding tert-OH is 1. The van der Waals surface area contributed by atoms with E-state index in [2.05, 4.69) is 18.7 Å². The lowest BCUT2D eigenvalue weighted by molar-refractivity contribution is 0.0987. The summed E-state index contributed by atoms with van der Waals surface area (Å²) < 4.78 is 16.7. The molecule has 0 unspecified atom stereocenters. The summed E-state index contributed by atoms with van der Waals surface area (Å²) in [4.78, 5) is 19.1. The summed E-state index contributed by atoms with van der Waals surface area (Å²) in [6.07, 6.45) is 0. The van der Waals surface area contributed by atoms with Gasteiger partial charge in [-0.1, -0.05) is 0 Å². The van der Waals surface area contributed by atoms with E-state index in [1.165, 1.54) is 0 Å². The van der Waals surface area contributed by atoms with Gasteiger partial charge in [-0.05, 0) is 51.1 Å². The molecule has 1 aliphatic heterocycles. The Morgan fingerprint density at radius 3 is 2.77 bits per heavy atom. The summed E-state index contributed by atoms with van der Waals surface area (Å²) in [6, 6.07) is 9.98. The van der Waals surface area contributed by atoms with E-state index in [1.54, 1.807) is 7.11 Å². The van der Waals surface area contributed by atoms with E-state index in [0.717, 1.165) is 29.0 Å². The fourth-order valence-electron chi connectivity index (χ4n) is 4.22. The Hall–Kier alpha value is -3.01. The van der Waals surface area contributed by atoms with Crippen LogP contribution in [0.2, 0.25) is 0 Å². The van der Waals surface area contributed by atoms with Crippen molar-refractivity contribution in [3.8, 4) is 17.0 Å². The van der Waals surface area contributed by atoms with E-state index in [4.69, 9.17) is 29.2 Å². The number of aliphatic hydroxyl groups is 1. The van der Waals surface area contributed by atoms with Gasteiger partial charge >= 0.3 is 0 Å². The Balaban J connectivity index is 1.82. The van der Waals surface area contributed by atoms with Crippen LogP contribution >= 0.6 is 0 Å². The molecule has 0 aliphatic carbocycles. The molecule has 0 amide bonds. The fourth-order valence-corrected chi connectivity index (χ4v) is 4.22. The highest BCUT2D eigenvalue weighted by Gasteiger charge is 2.25. The minimum atomic E-state index is -0.113. The molecule has 35 heavy (non-hydrogen) atoms. The maximum absolute atomic E-state index is 9.76. The summed E-state index contributed by atoms with van der Waals surface area (Å²) >= 11 is 0. The highest BCUT2D eigenvalue weighted by Crippen LogP contribution is 2.32. The van der Waals surface area contributed by atoms with Crippen molar-refractivity contribution in [2.45, 2.75) is 39.5 Å². The number of pyridine rings is 1. The van der Waals surface area contributed by atoms with Gasteiger partial charge in [0, 0.05) is 31.3 Å². The maximum atomic E-state index is 9.76. The molecule has 2 aromatic heterocycles. The molecular weight excluding hydrogens is 446 g/mol. The Labute approximate surface area is 206 Å². The molecule has 0 radical (unpaired) electrons. The van der Waals surface area contributed by atoms with Crippen molar-refractivity contribution in [2.24, 2.45) is 0 Å². The van der Waals surface area contributed by atoms with Crippen LogP contribution in [0.5, 0.6) is 5.75 Å². The third-order valence-electron chi connectivity index (χ3n) is 6.45. The van der Waals surface area contributed by atoms with Gasteiger partial charge in [0.05, 0.1) is 56.7 Å². The highest BCUT2D eigenvalue weighted by molar-refractivity contribution is 5.90. The Kier molecular flexibility index (Phi) is 8.00. The Bertz CT molecular complexity index is 1160. The van der Waals surface area contributed by atoms with Crippen molar-refractivity contribution < 1.29 is 19.3 Å². The molecule has 4 rings (SSSR count). The minimum Gasteiger partial charge on any atom is -0.496 e. The number of methoxy groups -OCH3 is 1. The van der Waals surface area contributed by atoms with E-state index in [-0.39, 0.29) is 18.7 Å². The number of benzene rings is 1. The summed E-state index contributed by atoms with van der Waals surface area (Å²) in [7, 11) is 3.58. The van der Waals surface area contributed by atoms with Crippen molar-refractivity contribution in [3.05, 3.63) is 35.9 Å². The number of likely N-dealkylation sites (N-methyl/N-ethyl adjacent to an activating group) is 1. The zero-order valence-corrected chi connectivity index (χ0v) is 21.2. The number of anilines is 2. The van der Waals surface area contributed by atoms with Gasteiger partial charge in [0.2, 0.25) is 5.95 Å². The zero-order valence-electron chi connectivity index (χ0n) is 21.2. The molecule has 188 valence electrons. The Morgan fingerprint density at radius 2 is 2.06 bits per heavy atom. The number of ether oxygens (including phenoxy) is 3. The SMILES string of the molecule is CCOC[C@H](C)N(C)c1nc(N2CCOC[C@@H]2C)c2ccc(-c3ccc(OC)c(CO)c3)nc2n1. The smallest absolute Gasteiger partial charge is 0.229 e. The molecule has 1 fully saturated rings. The van der Waals surface area contributed by atoms with Crippen LogP contribution in [0.1, 0.15) is 26.3 Å². The molecule has 9 nitrogen and oxygen atoms in total. The third-order valence-corrected chi connectivity index (χ3v) is 6.45. The molecular formula is C26H35N5O4. The van der Waals surface area contributed by atoms with Crippen molar-refractivity contribution in [1.82, 2.24) is 15.0 Å². The number of nitrogens with zero attached hydrogens (tertiary/aromatic N) is 5. The first-order valence-corrected chi connectivity index (χ1v) is 12.1. The van der Waals surface area contributed by atoms with E-state index in [9.17, 15) is 5.11 Å². The van der Waals surface area contributed by atoms with E-state index >= 15 is 0 Å². The first-order chi connectivity index (χ1) is 17.0. The van der Waals surface area contributed by atoms with Gasteiger partial charge in [-0.3, -0.25) is 0 Å². The van der Waals surface area contributed by atoms with Gasteiger partial charge < -0.3 is 29.1 Å². The first-order valence-electron chi connectivity index (χ1n) is 12.1.